The van der Waals surface area contributed by atoms with Crippen LogP contribution < -0.4 is 0 Å². The zero-order valence-corrected chi connectivity index (χ0v) is 12.5. The van der Waals surface area contributed by atoms with Gasteiger partial charge in [-0.15, -0.1) is 0 Å². The Morgan fingerprint density at radius 2 is 1.06 bits per heavy atom. The molecule has 0 fully saturated rings. The molecule has 1 N–H and O–H groups in total. The quantitative estimate of drug-likeness (QED) is 0.718. The topological polar surface area (TPSA) is 20.2 Å². The highest BCUT2D eigenvalue weighted by Crippen LogP contribution is 2.30. The maximum atomic E-state index is 10.3. The average Bonchev–Trinajstić information content (AvgIpc) is 1.97. The third-order valence-electron chi connectivity index (χ3n) is 3.06. The Balaban J connectivity index is 3.88. The summed E-state index contributed by atoms with van der Waals surface area (Å²) in [6.45, 7) is 15.5. The Bertz CT molecular complexity index is 190. The average molecular weight is 228 g/mol. The van der Waals surface area contributed by atoms with Crippen LogP contribution in [0.5, 0.6) is 0 Å². The normalized spacial score (nSPS) is 17.2. The van der Waals surface area contributed by atoms with Crippen molar-refractivity contribution in [1.82, 2.24) is 0 Å². The molecule has 0 aromatic rings. The number of hydrogen-bond donors (Lipinski definition) is 1. The second kappa shape index (κ2) is 5.53. The fourth-order valence-electron chi connectivity index (χ4n) is 1.77. The minimum absolute atomic E-state index is 0.327. The fraction of sp³-hybridized carbons (Fsp3) is 1.00. The van der Waals surface area contributed by atoms with Gasteiger partial charge in [-0.25, -0.2) is 0 Å². The summed E-state index contributed by atoms with van der Waals surface area (Å²) in [6, 6.07) is 0. The van der Waals surface area contributed by atoms with E-state index in [0.29, 0.717) is 10.8 Å². The summed E-state index contributed by atoms with van der Waals surface area (Å²) < 4.78 is 0. The molecule has 0 radical (unpaired) electrons. The molecule has 0 heterocycles. The first kappa shape index (κ1) is 16.0. The van der Waals surface area contributed by atoms with Crippen molar-refractivity contribution in [1.29, 1.82) is 0 Å². The van der Waals surface area contributed by atoms with E-state index in [2.05, 4.69) is 41.5 Å². The third-order valence-corrected chi connectivity index (χ3v) is 3.06. The van der Waals surface area contributed by atoms with Gasteiger partial charge in [0.15, 0.2) is 0 Å². The van der Waals surface area contributed by atoms with Gasteiger partial charge in [-0.05, 0) is 43.4 Å². The minimum atomic E-state index is -0.474. The Morgan fingerprint density at radius 1 is 0.625 bits per heavy atom. The van der Waals surface area contributed by atoms with E-state index in [4.69, 9.17) is 0 Å². The zero-order chi connectivity index (χ0) is 13.0. The SMILES string of the molecule is CC(C)(C)CCCC(C)(O)CCC(C)(C)C. The molecule has 0 aliphatic heterocycles. The van der Waals surface area contributed by atoms with Crippen molar-refractivity contribution in [3.05, 3.63) is 0 Å². The van der Waals surface area contributed by atoms with Crippen LogP contribution in [0.4, 0.5) is 0 Å². The van der Waals surface area contributed by atoms with Crippen molar-refractivity contribution in [2.24, 2.45) is 10.8 Å². The number of aliphatic hydroxyl groups is 1. The smallest absolute Gasteiger partial charge is 0.0620 e. The summed E-state index contributed by atoms with van der Waals surface area (Å²) >= 11 is 0. The predicted octanol–water partition coefficient (Wildman–Crippen LogP) is 4.78. The van der Waals surface area contributed by atoms with E-state index in [1.807, 2.05) is 6.92 Å². The van der Waals surface area contributed by atoms with Gasteiger partial charge < -0.3 is 5.11 Å². The van der Waals surface area contributed by atoms with E-state index in [0.717, 1.165) is 25.7 Å². The molecule has 1 atom stereocenters. The molecule has 98 valence electrons. The predicted molar refractivity (Wildman–Crippen MR) is 72.6 cm³/mol. The second-order valence-corrected chi connectivity index (χ2v) is 7.97. The van der Waals surface area contributed by atoms with Crippen LogP contribution in [0.3, 0.4) is 0 Å². The standard InChI is InChI=1S/C15H32O/c1-13(2,3)9-8-10-15(7,16)12-11-14(4,5)6/h16H,8-12H2,1-7H3. The molecular formula is C15H32O. The highest BCUT2D eigenvalue weighted by Gasteiger charge is 2.23. The molecule has 1 unspecified atom stereocenters. The molecule has 0 amide bonds. The number of rotatable bonds is 5. The number of hydrogen-bond acceptors (Lipinski definition) is 1. The van der Waals surface area contributed by atoms with Crippen LogP contribution in [0.15, 0.2) is 0 Å². The maximum absolute atomic E-state index is 10.3. The third kappa shape index (κ3) is 10.5. The lowest BCUT2D eigenvalue weighted by atomic mass is 9.82. The van der Waals surface area contributed by atoms with E-state index >= 15 is 0 Å². The second-order valence-electron chi connectivity index (χ2n) is 7.97. The first-order valence-electron chi connectivity index (χ1n) is 6.64. The monoisotopic (exact) mass is 228 g/mol. The first-order valence-corrected chi connectivity index (χ1v) is 6.64. The van der Waals surface area contributed by atoms with Crippen molar-refractivity contribution >= 4 is 0 Å². The molecular weight excluding hydrogens is 196 g/mol. The summed E-state index contributed by atoms with van der Waals surface area (Å²) in [4.78, 5) is 0. The van der Waals surface area contributed by atoms with E-state index in [9.17, 15) is 5.11 Å². The lowest BCUT2D eigenvalue weighted by Gasteiger charge is -2.29. The van der Waals surface area contributed by atoms with Gasteiger partial charge in [-0.1, -0.05) is 48.0 Å². The summed E-state index contributed by atoms with van der Waals surface area (Å²) in [6.07, 6.45) is 5.26. The van der Waals surface area contributed by atoms with E-state index in [1.165, 1.54) is 6.42 Å². The van der Waals surface area contributed by atoms with E-state index in [1.54, 1.807) is 0 Å². The highest BCUT2D eigenvalue weighted by molar-refractivity contribution is 4.77. The van der Waals surface area contributed by atoms with Crippen LogP contribution in [0.2, 0.25) is 0 Å². The van der Waals surface area contributed by atoms with Crippen LogP contribution in [0, 0.1) is 10.8 Å². The molecule has 0 aliphatic carbocycles. The van der Waals surface area contributed by atoms with E-state index < -0.39 is 5.60 Å². The zero-order valence-electron chi connectivity index (χ0n) is 12.5. The van der Waals surface area contributed by atoms with Gasteiger partial charge in [0.1, 0.15) is 0 Å². The van der Waals surface area contributed by atoms with Gasteiger partial charge in [0.2, 0.25) is 0 Å². The van der Waals surface area contributed by atoms with Crippen molar-refractivity contribution in [3.8, 4) is 0 Å². The van der Waals surface area contributed by atoms with Crippen molar-refractivity contribution < 1.29 is 5.11 Å². The van der Waals surface area contributed by atoms with Crippen LogP contribution in [0.1, 0.15) is 80.6 Å². The van der Waals surface area contributed by atoms with Gasteiger partial charge >= 0.3 is 0 Å². The van der Waals surface area contributed by atoms with Crippen LogP contribution in [-0.4, -0.2) is 10.7 Å². The van der Waals surface area contributed by atoms with Crippen LogP contribution in [0.25, 0.3) is 0 Å². The largest absolute Gasteiger partial charge is 0.390 e. The summed E-state index contributed by atoms with van der Waals surface area (Å²) in [7, 11) is 0. The van der Waals surface area contributed by atoms with Gasteiger partial charge in [-0.3, -0.25) is 0 Å². The molecule has 0 rings (SSSR count). The van der Waals surface area contributed by atoms with E-state index in [-0.39, 0.29) is 0 Å². The molecule has 0 aromatic heterocycles. The summed E-state index contributed by atoms with van der Waals surface area (Å²) in [5.74, 6) is 0. The lowest BCUT2D eigenvalue weighted by molar-refractivity contribution is 0.0265. The van der Waals surface area contributed by atoms with Gasteiger partial charge in [-0.2, -0.15) is 0 Å². The molecule has 1 heteroatoms. The van der Waals surface area contributed by atoms with Crippen LogP contribution in [-0.2, 0) is 0 Å². The lowest BCUT2D eigenvalue weighted by Crippen LogP contribution is -2.26. The van der Waals surface area contributed by atoms with Gasteiger partial charge in [0, 0.05) is 0 Å². The molecule has 16 heavy (non-hydrogen) atoms. The Hall–Kier alpha value is -0.0400. The van der Waals surface area contributed by atoms with Crippen molar-refractivity contribution in [3.63, 3.8) is 0 Å². The van der Waals surface area contributed by atoms with Gasteiger partial charge in [0.25, 0.3) is 0 Å². The molecule has 0 bridgehead atoms. The molecule has 0 aliphatic rings. The summed E-state index contributed by atoms with van der Waals surface area (Å²) in [5, 5.41) is 10.3. The first-order chi connectivity index (χ1) is 6.91. The minimum Gasteiger partial charge on any atom is -0.390 e. The highest BCUT2D eigenvalue weighted by atomic mass is 16.3. The summed E-state index contributed by atoms with van der Waals surface area (Å²) in [5.41, 5.74) is 0.243. The Labute approximate surface area is 103 Å². The fourth-order valence-corrected chi connectivity index (χ4v) is 1.77. The van der Waals surface area contributed by atoms with Crippen molar-refractivity contribution in [2.45, 2.75) is 86.2 Å². The Morgan fingerprint density at radius 3 is 1.44 bits per heavy atom. The van der Waals surface area contributed by atoms with Crippen molar-refractivity contribution in [2.75, 3.05) is 0 Å². The molecule has 0 saturated heterocycles. The maximum Gasteiger partial charge on any atom is 0.0620 e. The molecule has 1 nitrogen and oxygen atoms in total. The molecule has 0 spiro atoms. The molecule has 0 aromatic carbocycles. The molecule has 0 saturated carbocycles. The Kier molecular flexibility index (Phi) is 5.52. The van der Waals surface area contributed by atoms with Crippen LogP contribution >= 0.6 is 0 Å². The van der Waals surface area contributed by atoms with Gasteiger partial charge in [0.05, 0.1) is 5.60 Å².